The van der Waals surface area contributed by atoms with Crippen LogP contribution in [0.5, 0.6) is 5.75 Å². The van der Waals surface area contributed by atoms with Gasteiger partial charge in [-0.1, -0.05) is 12.1 Å². The first-order chi connectivity index (χ1) is 11.4. The molecular formula is C15H13NO7S. The Bertz CT molecular complexity index is 711. The first-order valence-corrected chi connectivity index (χ1v) is 7.60. The van der Waals surface area contributed by atoms with Crippen molar-refractivity contribution in [3.8, 4) is 5.75 Å². The SMILES string of the molecule is O=C(O)CCOc1ccc(/C=C2\SC(=O)N(CC(=O)O)C2=O)cc1. The number of hydrogen-bond donors (Lipinski definition) is 2. The standard InChI is InChI=1S/C15H13NO7S/c17-12(18)5-6-23-10-3-1-9(2-4-10)7-11-14(21)16(8-13(19)20)15(22)24-11/h1-4,7H,5-6,8H2,(H,17,18)(H,19,20)/b11-7-. The van der Waals surface area contributed by atoms with Crippen LogP contribution < -0.4 is 4.74 Å². The Morgan fingerprint density at radius 1 is 1.12 bits per heavy atom. The molecule has 1 heterocycles. The zero-order chi connectivity index (χ0) is 17.7. The van der Waals surface area contributed by atoms with E-state index in [2.05, 4.69) is 0 Å². The van der Waals surface area contributed by atoms with Crippen LogP contribution in [0.25, 0.3) is 6.08 Å². The Kier molecular flexibility index (Phi) is 5.59. The highest BCUT2D eigenvalue weighted by atomic mass is 32.2. The molecule has 2 amide bonds. The smallest absolute Gasteiger partial charge is 0.323 e. The molecule has 0 bridgehead atoms. The van der Waals surface area contributed by atoms with Gasteiger partial charge in [0.15, 0.2) is 0 Å². The minimum Gasteiger partial charge on any atom is -0.493 e. The molecule has 126 valence electrons. The Balaban J connectivity index is 2.03. The number of aliphatic carboxylic acids is 2. The highest BCUT2D eigenvalue weighted by Gasteiger charge is 2.36. The van der Waals surface area contributed by atoms with Crippen LogP contribution in [-0.4, -0.2) is 51.3 Å². The molecule has 0 radical (unpaired) electrons. The summed E-state index contributed by atoms with van der Waals surface area (Å²) in [6.45, 7) is -0.624. The van der Waals surface area contributed by atoms with Gasteiger partial charge in [0.25, 0.3) is 11.1 Å². The van der Waals surface area contributed by atoms with Crippen molar-refractivity contribution in [3.05, 3.63) is 34.7 Å². The number of nitrogens with zero attached hydrogens (tertiary/aromatic N) is 1. The third kappa shape index (κ3) is 4.59. The number of amides is 2. The predicted molar refractivity (Wildman–Crippen MR) is 84.5 cm³/mol. The number of imide groups is 1. The molecule has 0 spiro atoms. The van der Waals surface area contributed by atoms with Crippen LogP contribution >= 0.6 is 11.8 Å². The van der Waals surface area contributed by atoms with Crippen LogP contribution in [0.3, 0.4) is 0 Å². The fourth-order valence-corrected chi connectivity index (χ4v) is 2.68. The van der Waals surface area contributed by atoms with Crippen LogP contribution in [0, 0.1) is 0 Å². The molecule has 1 aromatic carbocycles. The minimum absolute atomic E-state index is 0.0444. The quantitative estimate of drug-likeness (QED) is 0.711. The number of carbonyl (C=O) groups is 4. The number of ether oxygens (including phenoxy) is 1. The lowest BCUT2D eigenvalue weighted by atomic mass is 10.2. The number of thioether (sulfide) groups is 1. The Hall–Kier alpha value is -2.81. The van der Waals surface area contributed by atoms with Crippen molar-refractivity contribution >= 4 is 40.9 Å². The van der Waals surface area contributed by atoms with Crippen molar-refractivity contribution in [2.45, 2.75) is 6.42 Å². The van der Waals surface area contributed by atoms with E-state index in [0.717, 1.165) is 0 Å². The fraction of sp³-hybridized carbons (Fsp3) is 0.200. The lowest BCUT2D eigenvalue weighted by molar-refractivity contribution is -0.140. The second kappa shape index (κ2) is 7.64. The fourth-order valence-electron chi connectivity index (χ4n) is 1.84. The summed E-state index contributed by atoms with van der Waals surface area (Å²) in [6, 6.07) is 6.49. The zero-order valence-corrected chi connectivity index (χ0v) is 13.1. The van der Waals surface area contributed by atoms with Gasteiger partial charge in [-0.25, -0.2) is 0 Å². The van der Waals surface area contributed by atoms with E-state index in [-0.39, 0.29) is 17.9 Å². The Labute approximate surface area is 140 Å². The summed E-state index contributed by atoms with van der Waals surface area (Å²) in [6.07, 6.45) is 1.37. The Morgan fingerprint density at radius 3 is 2.38 bits per heavy atom. The van der Waals surface area contributed by atoms with Gasteiger partial charge in [-0.15, -0.1) is 0 Å². The van der Waals surface area contributed by atoms with Crippen molar-refractivity contribution in [1.29, 1.82) is 0 Å². The van der Waals surface area contributed by atoms with E-state index in [1.807, 2.05) is 0 Å². The second-order valence-electron chi connectivity index (χ2n) is 4.72. The summed E-state index contributed by atoms with van der Waals surface area (Å²) >= 11 is 0.679. The number of carboxylic acids is 2. The van der Waals surface area contributed by atoms with E-state index >= 15 is 0 Å². The van der Waals surface area contributed by atoms with Crippen molar-refractivity contribution in [2.75, 3.05) is 13.2 Å². The minimum atomic E-state index is -1.26. The summed E-state index contributed by atoms with van der Waals surface area (Å²) in [7, 11) is 0. The van der Waals surface area contributed by atoms with Crippen LogP contribution in [0.1, 0.15) is 12.0 Å². The molecule has 1 fully saturated rings. The molecule has 1 aromatic rings. The van der Waals surface area contributed by atoms with Gasteiger partial charge in [0, 0.05) is 0 Å². The third-order valence-corrected chi connectivity index (χ3v) is 3.84. The number of carbonyl (C=O) groups excluding carboxylic acids is 2. The largest absolute Gasteiger partial charge is 0.493 e. The molecule has 0 aliphatic carbocycles. The van der Waals surface area contributed by atoms with E-state index in [0.29, 0.717) is 28.0 Å². The van der Waals surface area contributed by atoms with Crippen molar-refractivity contribution in [1.82, 2.24) is 4.90 Å². The zero-order valence-electron chi connectivity index (χ0n) is 12.3. The maximum Gasteiger partial charge on any atom is 0.323 e. The summed E-state index contributed by atoms with van der Waals surface area (Å²) in [4.78, 5) is 45.5. The molecule has 2 N–H and O–H groups in total. The number of benzene rings is 1. The molecular weight excluding hydrogens is 338 g/mol. The molecule has 1 aliphatic heterocycles. The van der Waals surface area contributed by atoms with Gasteiger partial charge < -0.3 is 14.9 Å². The lowest BCUT2D eigenvalue weighted by Gasteiger charge is -2.07. The lowest BCUT2D eigenvalue weighted by Crippen LogP contribution is -2.33. The summed E-state index contributed by atoms with van der Waals surface area (Å²) in [5.41, 5.74) is 0.626. The third-order valence-electron chi connectivity index (χ3n) is 2.93. The molecule has 0 unspecified atom stereocenters. The maximum atomic E-state index is 12.0. The summed E-state index contributed by atoms with van der Waals surface area (Å²) in [5, 5.41) is 16.6. The molecule has 0 atom stereocenters. The average Bonchev–Trinajstić information content (AvgIpc) is 2.76. The van der Waals surface area contributed by atoms with E-state index in [1.54, 1.807) is 24.3 Å². The maximum absolute atomic E-state index is 12.0. The molecule has 0 saturated carbocycles. The van der Waals surface area contributed by atoms with Crippen LogP contribution in [0.2, 0.25) is 0 Å². The molecule has 24 heavy (non-hydrogen) atoms. The first kappa shape index (κ1) is 17.5. The second-order valence-corrected chi connectivity index (χ2v) is 5.72. The van der Waals surface area contributed by atoms with Gasteiger partial charge in [0.05, 0.1) is 17.9 Å². The average molecular weight is 351 g/mol. The molecule has 1 aliphatic rings. The van der Waals surface area contributed by atoms with Gasteiger partial charge in [-0.3, -0.25) is 24.1 Å². The Morgan fingerprint density at radius 2 is 1.79 bits per heavy atom. The van der Waals surface area contributed by atoms with Crippen LogP contribution in [-0.2, 0) is 14.4 Å². The van der Waals surface area contributed by atoms with Crippen LogP contribution in [0.4, 0.5) is 4.79 Å². The normalized spacial score (nSPS) is 15.8. The van der Waals surface area contributed by atoms with E-state index in [1.165, 1.54) is 6.08 Å². The van der Waals surface area contributed by atoms with Gasteiger partial charge in [-0.05, 0) is 35.5 Å². The van der Waals surface area contributed by atoms with Crippen LogP contribution in [0.15, 0.2) is 29.2 Å². The molecule has 0 aromatic heterocycles. The highest BCUT2D eigenvalue weighted by Crippen LogP contribution is 2.32. The summed E-state index contributed by atoms with van der Waals surface area (Å²) in [5.74, 6) is -2.38. The van der Waals surface area contributed by atoms with E-state index in [9.17, 15) is 19.2 Å². The monoisotopic (exact) mass is 351 g/mol. The number of rotatable bonds is 7. The molecule has 8 nitrogen and oxygen atoms in total. The van der Waals surface area contributed by atoms with Crippen molar-refractivity contribution in [3.63, 3.8) is 0 Å². The first-order valence-electron chi connectivity index (χ1n) is 6.78. The van der Waals surface area contributed by atoms with E-state index in [4.69, 9.17) is 14.9 Å². The molecule has 9 heteroatoms. The molecule has 2 rings (SSSR count). The topological polar surface area (TPSA) is 121 Å². The number of carboxylic acid groups (broad SMARTS) is 2. The highest BCUT2D eigenvalue weighted by molar-refractivity contribution is 8.18. The van der Waals surface area contributed by atoms with Crippen molar-refractivity contribution in [2.24, 2.45) is 0 Å². The van der Waals surface area contributed by atoms with Gasteiger partial charge in [-0.2, -0.15) is 0 Å². The van der Waals surface area contributed by atoms with Gasteiger partial charge >= 0.3 is 11.9 Å². The number of hydrogen-bond acceptors (Lipinski definition) is 6. The molecule has 1 saturated heterocycles. The van der Waals surface area contributed by atoms with Crippen molar-refractivity contribution < 1.29 is 34.1 Å². The van der Waals surface area contributed by atoms with Gasteiger partial charge in [0.1, 0.15) is 12.3 Å². The van der Waals surface area contributed by atoms with Gasteiger partial charge in [0.2, 0.25) is 0 Å². The summed E-state index contributed by atoms with van der Waals surface area (Å²) < 4.78 is 5.24. The van der Waals surface area contributed by atoms with E-state index < -0.39 is 29.6 Å². The predicted octanol–water partition coefficient (Wildman–Crippen LogP) is 1.66.